The minimum Gasteiger partial charge on any atom is -0.351 e. The first-order valence-electron chi connectivity index (χ1n) is 4.90. The molecule has 0 rings (SSSR count). The first-order valence-corrected chi connectivity index (χ1v) is 4.90. The molecule has 1 amide bonds. The molecule has 0 spiro atoms. The summed E-state index contributed by atoms with van der Waals surface area (Å²) in [7, 11) is 0. The number of nitrogens with zero attached hydrogens (tertiary/aromatic N) is 1. The molecule has 0 aliphatic heterocycles. The third kappa shape index (κ3) is 5.55. The van der Waals surface area contributed by atoms with Gasteiger partial charge in [0, 0.05) is 6.04 Å². The van der Waals surface area contributed by atoms with E-state index in [1.807, 2.05) is 19.9 Å². The van der Waals surface area contributed by atoms with Crippen LogP contribution in [0.25, 0.3) is 0 Å². The number of rotatable bonds is 5. The van der Waals surface area contributed by atoms with E-state index in [1.165, 1.54) is 0 Å². The summed E-state index contributed by atoms with van der Waals surface area (Å²) in [6.07, 6.45) is 0.991. The highest BCUT2D eigenvalue weighted by atomic mass is 16.2. The molecule has 0 aromatic heterocycles. The molecule has 14 heavy (non-hydrogen) atoms. The Morgan fingerprint density at radius 2 is 2.07 bits per heavy atom. The zero-order valence-corrected chi connectivity index (χ0v) is 9.08. The second-order valence-corrected chi connectivity index (χ2v) is 4.01. The first-order chi connectivity index (χ1) is 6.47. The number of nitrogens with two attached hydrogens (primary N) is 1. The fraction of sp³-hybridized carbons (Fsp3) is 0.800. The van der Waals surface area contributed by atoms with Crippen molar-refractivity contribution < 1.29 is 4.79 Å². The van der Waals surface area contributed by atoms with Crippen LogP contribution in [0.5, 0.6) is 0 Å². The quantitative estimate of drug-likeness (QED) is 0.683. The molecule has 4 heteroatoms. The molecular formula is C10H19N3O. The number of nitriles is 1. The maximum atomic E-state index is 11.4. The number of hydrogen-bond acceptors (Lipinski definition) is 3. The van der Waals surface area contributed by atoms with Crippen molar-refractivity contribution in [1.82, 2.24) is 5.32 Å². The molecule has 0 fully saturated rings. The lowest BCUT2D eigenvalue weighted by atomic mass is 10.0. The molecule has 0 aromatic carbocycles. The molecule has 1 unspecified atom stereocenters. The molecule has 4 nitrogen and oxygen atoms in total. The summed E-state index contributed by atoms with van der Waals surface area (Å²) in [5, 5.41) is 11.1. The van der Waals surface area contributed by atoms with Crippen LogP contribution in [-0.4, -0.2) is 18.0 Å². The molecule has 0 saturated heterocycles. The molecule has 3 N–H and O–H groups in total. The van der Waals surface area contributed by atoms with E-state index < -0.39 is 6.04 Å². The standard InChI is InChI=1S/C10H19N3O/c1-7(2)6-9(12)10(14)13-8(3)4-5-11/h7-9H,4,6,12H2,1-3H3,(H,13,14)/t8?,9-/m0/s1. The molecule has 0 bridgehead atoms. The second kappa shape index (κ2) is 6.39. The Morgan fingerprint density at radius 3 is 2.50 bits per heavy atom. The van der Waals surface area contributed by atoms with E-state index in [0.29, 0.717) is 18.8 Å². The maximum Gasteiger partial charge on any atom is 0.237 e. The van der Waals surface area contributed by atoms with Gasteiger partial charge in [-0.2, -0.15) is 5.26 Å². The number of carbonyl (C=O) groups is 1. The van der Waals surface area contributed by atoms with Crippen LogP contribution in [0.15, 0.2) is 0 Å². The fourth-order valence-electron chi connectivity index (χ4n) is 1.15. The van der Waals surface area contributed by atoms with Crippen LogP contribution < -0.4 is 11.1 Å². The molecule has 0 aromatic rings. The van der Waals surface area contributed by atoms with Gasteiger partial charge in [0.2, 0.25) is 5.91 Å². The molecule has 0 heterocycles. The van der Waals surface area contributed by atoms with Gasteiger partial charge in [0.05, 0.1) is 18.5 Å². The van der Waals surface area contributed by atoms with Crippen molar-refractivity contribution in [3.05, 3.63) is 0 Å². The van der Waals surface area contributed by atoms with E-state index in [0.717, 1.165) is 0 Å². The van der Waals surface area contributed by atoms with Gasteiger partial charge in [-0.15, -0.1) is 0 Å². The summed E-state index contributed by atoms with van der Waals surface area (Å²) in [4.78, 5) is 11.4. The number of hydrogen-bond donors (Lipinski definition) is 2. The van der Waals surface area contributed by atoms with Crippen molar-refractivity contribution >= 4 is 5.91 Å². The molecule has 0 aliphatic carbocycles. The number of nitrogens with one attached hydrogen (secondary N) is 1. The SMILES string of the molecule is CC(C)C[C@H](N)C(=O)NC(C)CC#N. The summed E-state index contributed by atoms with van der Waals surface area (Å²) in [6, 6.07) is 1.42. The van der Waals surface area contributed by atoms with E-state index in [4.69, 9.17) is 11.0 Å². The van der Waals surface area contributed by atoms with Crippen LogP contribution in [0.4, 0.5) is 0 Å². The Morgan fingerprint density at radius 1 is 1.50 bits per heavy atom. The normalized spacial score (nSPS) is 14.6. The zero-order valence-electron chi connectivity index (χ0n) is 9.08. The van der Waals surface area contributed by atoms with Gasteiger partial charge in [0.1, 0.15) is 0 Å². The lowest BCUT2D eigenvalue weighted by Crippen LogP contribution is -2.44. The highest BCUT2D eigenvalue weighted by molar-refractivity contribution is 5.81. The van der Waals surface area contributed by atoms with Crippen LogP contribution in [0.1, 0.15) is 33.6 Å². The predicted molar refractivity (Wildman–Crippen MR) is 55.3 cm³/mol. The largest absolute Gasteiger partial charge is 0.351 e. The third-order valence-electron chi connectivity index (χ3n) is 1.85. The van der Waals surface area contributed by atoms with Crippen LogP contribution in [0, 0.1) is 17.2 Å². The van der Waals surface area contributed by atoms with Crippen molar-refractivity contribution in [2.24, 2.45) is 11.7 Å². The van der Waals surface area contributed by atoms with Crippen LogP contribution in [0.2, 0.25) is 0 Å². The summed E-state index contributed by atoms with van der Waals surface area (Å²) >= 11 is 0. The minimum absolute atomic E-state index is 0.120. The summed E-state index contributed by atoms with van der Waals surface area (Å²) < 4.78 is 0. The monoisotopic (exact) mass is 197 g/mol. The third-order valence-corrected chi connectivity index (χ3v) is 1.85. The van der Waals surface area contributed by atoms with Gasteiger partial charge in [-0.3, -0.25) is 4.79 Å². The highest BCUT2D eigenvalue weighted by Gasteiger charge is 2.16. The summed E-state index contributed by atoms with van der Waals surface area (Å²) in [5.41, 5.74) is 5.67. The molecule has 2 atom stereocenters. The average molecular weight is 197 g/mol. The molecule has 0 saturated carbocycles. The molecule has 80 valence electrons. The first kappa shape index (κ1) is 12.9. The van der Waals surface area contributed by atoms with E-state index in [2.05, 4.69) is 5.32 Å². The maximum absolute atomic E-state index is 11.4. The minimum atomic E-state index is -0.462. The molecule has 0 aliphatic rings. The van der Waals surface area contributed by atoms with Crippen molar-refractivity contribution in [3.8, 4) is 6.07 Å². The molecular weight excluding hydrogens is 178 g/mol. The Balaban J connectivity index is 3.90. The predicted octanol–water partition coefficient (Wildman–Crippen LogP) is 0.778. The van der Waals surface area contributed by atoms with Gasteiger partial charge in [-0.1, -0.05) is 13.8 Å². The highest BCUT2D eigenvalue weighted by Crippen LogP contribution is 2.03. The van der Waals surface area contributed by atoms with Gasteiger partial charge in [0.25, 0.3) is 0 Å². The van der Waals surface area contributed by atoms with Crippen LogP contribution >= 0.6 is 0 Å². The number of amides is 1. The van der Waals surface area contributed by atoms with Gasteiger partial charge in [-0.05, 0) is 19.3 Å². The van der Waals surface area contributed by atoms with E-state index >= 15 is 0 Å². The van der Waals surface area contributed by atoms with Crippen molar-refractivity contribution in [1.29, 1.82) is 5.26 Å². The lowest BCUT2D eigenvalue weighted by molar-refractivity contribution is -0.123. The summed E-state index contributed by atoms with van der Waals surface area (Å²) in [5.74, 6) is 0.239. The lowest BCUT2D eigenvalue weighted by Gasteiger charge is -2.16. The van der Waals surface area contributed by atoms with Gasteiger partial charge in [0.15, 0.2) is 0 Å². The van der Waals surface area contributed by atoms with Crippen molar-refractivity contribution in [2.45, 2.75) is 45.7 Å². The van der Waals surface area contributed by atoms with E-state index in [-0.39, 0.29) is 11.9 Å². The van der Waals surface area contributed by atoms with Gasteiger partial charge < -0.3 is 11.1 Å². The van der Waals surface area contributed by atoms with E-state index in [1.54, 1.807) is 6.92 Å². The Kier molecular flexibility index (Phi) is 5.89. The Hall–Kier alpha value is -1.08. The van der Waals surface area contributed by atoms with E-state index in [9.17, 15) is 4.79 Å². The van der Waals surface area contributed by atoms with Crippen molar-refractivity contribution in [3.63, 3.8) is 0 Å². The smallest absolute Gasteiger partial charge is 0.237 e. The van der Waals surface area contributed by atoms with Gasteiger partial charge >= 0.3 is 0 Å². The Bertz CT molecular complexity index is 220. The van der Waals surface area contributed by atoms with Crippen molar-refractivity contribution in [2.75, 3.05) is 0 Å². The fourth-order valence-corrected chi connectivity index (χ4v) is 1.15. The second-order valence-electron chi connectivity index (χ2n) is 4.01. The average Bonchev–Trinajstić information content (AvgIpc) is 2.02. The summed E-state index contributed by atoms with van der Waals surface area (Å²) in [6.45, 7) is 5.83. The Labute approximate surface area is 85.5 Å². The zero-order chi connectivity index (χ0) is 11.1. The molecule has 0 radical (unpaired) electrons. The number of carbonyl (C=O) groups excluding carboxylic acids is 1. The van der Waals surface area contributed by atoms with Gasteiger partial charge in [-0.25, -0.2) is 0 Å². The van der Waals surface area contributed by atoms with Crippen LogP contribution in [0.3, 0.4) is 0 Å². The topological polar surface area (TPSA) is 78.9 Å². The van der Waals surface area contributed by atoms with Crippen LogP contribution in [-0.2, 0) is 4.79 Å².